The first-order valence-corrected chi connectivity index (χ1v) is 3.11. The van der Waals surface area contributed by atoms with Gasteiger partial charge in [0.2, 0.25) is 0 Å². The van der Waals surface area contributed by atoms with E-state index in [1.54, 1.807) is 0 Å². The minimum atomic E-state index is 0.182. The van der Waals surface area contributed by atoms with E-state index in [-0.39, 0.29) is 4.65 Å². The van der Waals surface area contributed by atoms with Gasteiger partial charge >= 0.3 is 51.9 Å². The number of carbonyl (C=O) groups excluding carboxylic acids is 1. The van der Waals surface area contributed by atoms with Crippen molar-refractivity contribution >= 4 is 4.65 Å². The molecule has 2 heteroatoms. The van der Waals surface area contributed by atoms with Crippen molar-refractivity contribution in [3.05, 3.63) is 0 Å². The van der Waals surface area contributed by atoms with E-state index in [1.165, 1.54) is 0 Å². The summed E-state index contributed by atoms with van der Waals surface area (Å²) in [5.41, 5.74) is 0. The fourth-order valence-electron chi connectivity index (χ4n) is 0.321. The molecular weight excluding hydrogens is 128 g/mol. The third-order valence-corrected chi connectivity index (χ3v) is 1.05. The third-order valence-electron chi connectivity index (χ3n) is 0.734. The molecule has 0 saturated carbocycles. The van der Waals surface area contributed by atoms with E-state index in [0.29, 0.717) is 6.42 Å². The SMILES string of the molecule is CCCC[C](=O)[Cr]. The molecule has 0 aliphatic heterocycles. The molecule has 0 unspecified atom stereocenters. The van der Waals surface area contributed by atoms with Gasteiger partial charge in [-0.15, -0.1) is 0 Å². The molecule has 0 spiro atoms. The molecule has 0 heterocycles. The molecule has 41 valence electrons. The fourth-order valence-corrected chi connectivity index (χ4v) is 0.547. The summed E-state index contributed by atoms with van der Waals surface area (Å²) in [4.78, 5) is 10.1. The van der Waals surface area contributed by atoms with Crippen LogP contribution in [0.4, 0.5) is 0 Å². The Labute approximate surface area is 52.5 Å². The average molecular weight is 137 g/mol. The van der Waals surface area contributed by atoms with Gasteiger partial charge in [0.05, 0.1) is 0 Å². The summed E-state index contributed by atoms with van der Waals surface area (Å²) in [6.07, 6.45) is 2.83. The number of hydrogen-bond donors (Lipinski definition) is 0. The minimum absolute atomic E-state index is 0.182. The van der Waals surface area contributed by atoms with Gasteiger partial charge in [0.15, 0.2) is 0 Å². The Morgan fingerprint density at radius 2 is 2.29 bits per heavy atom. The predicted molar refractivity (Wildman–Crippen MR) is 24.5 cm³/mol. The Morgan fingerprint density at radius 1 is 1.71 bits per heavy atom. The van der Waals surface area contributed by atoms with E-state index in [4.69, 9.17) is 0 Å². The average Bonchev–Trinajstić information content (AvgIpc) is 1.61. The summed E-state index contributed by atoms with van der Waals surface area (Å²) >= 11 is 2.44. The van der Waals surface area contributed by atoms with E-state index < -0.39 is 0 Å². The first-order valence-electron chi connectivity index (χ1n) is 2.47. The molecule has 0 rings (SSSR count). The van der Waals surface area contributed by atoms with Crippen molar-refractivity contribution < 1.29 is 21.1 Å². The molecule has 0 aliphatic carbocycles. The first kappa shape index (κ1) is 7.20. The zero-order chi connectivity index (χ0) is 5.70. The Kier molecular flexibility index (Phi) is 4.49. The summed E-state index contributed by atoms with van der Waals surface area (Å²) in [5, 5.41) is 0. The van der Waals surface area contributed by atoms with Crippen LogP contribution in [0.1, 0.15) is 26.2 Å². The molecule has 0 N–H and O–H groups in total. The molecule has 0 aromatic carbocycles. The molecule has 1 nitrogen and oxygen atoms in total. The molecule has 0 aliphatic rings. The normalized spacial score (nSPS) is 8.71. The van der Waals surface area contributed by atoms with Gasteiger partial charge in [-0.05, 0) is 0 Å². The molecule has 0 fully saturated rings. The van der Waals surface area contributed by atoms with Crippen molar-refractivity contribution in [1.29, 1.82) is 0 Å². The molecule has 0 amide bonds. The summed E-state index contributed by atoms with van der Waals surface area (Å²) in [6, 6.07) is 0. The molecule has 0 radical (unpaired) electrons. The van der Waals surface area contributed by atoms with Crippen LogP contribution in [0.2, 0.25) is 0 Å². The van der Waals surface area contributed by atoms with Gasteiger partial charge in [0.25, 0.3) is 0 Å². The van der Waals surface area contributed by atoms with Gasteiger partial charge in [-0.1, -0.05) is 0 Å². The maximum atomic E-state index is 10.1. The van der Waals surface area contributed by atoms with E-state index >= 15 is 0 Å². The number of rotatable bonds is 3. The quantitative estimate of drug-likeness (QED) is 0.572. The van der Waals surface area contributed by atoms with Crippen molar-refractivity contribution in [3.63, 3.8) is 0 Å². The van der Waals surface area contributed by atoms with Crippen LogP contribution in [0, 0.1) is 0 Å². The van der Waals surface area contributed by atoms with Crippen molar-refractivity contribution in [2.45, 2.75) is 26.2 Å². The van der Waals surface area contributed by atoms with Crippen LogP contribution < -0.4 is 0 Å². The molecule has 0 aromatic rings. The van der Waals surface area contributed by atoms with Crippen LogP contribution >= 0.6 is 0 Å². The Morgan fingerprint density at radius 3 is 2.43 bits per heavy atom. The molecular formula is C5H9CrO. The number of unbranched alkanes of at least 4 members (excludes halogenated alkanes) is 1. The molecule has 0 bridgehead atoms. The van der Waals surface area contributed by atoms with Crippen LogP contribution in [-0.4, -0.2) is 4.65 Å². The predicted octanol–water partition coefficient (Wildman–Crippen LogP) is 1.25. The molecule has 0 atom stereocenters. The van der Waals surface area contributed by atoms with Crippen LogP contribution in [-0.2, 0) is 21.1 Å². The zero-order valence-corrected chi connectivity index (χ0v) is 5.71. The monoisotopic (exact) mass is 137 g/mol. The van der Waals surface area contributed by atoms with Crippen LogP contribution in [0.25, 0.3) is 0 Å². The number of hydrogen-bond acceptors (Lipinski definition) is 1. The number of carbonyl (C=O) groups is 1. The van der Waals surface area contributed by atoms with E-state index in [2.05, 4.69) is 23.2 Å². The van der Waals surface area contributed by atoms with Crippen LogP contribution in [0.5, 0.6) is 0 Å². The van der Waals surface area contributed by atoms with Gasteiger partial charge in [-0.2, -0.15) is 0 Å². The van der Waals surface area contributed by atoms with Gasteiger partial charge in [0, 0.05) is 0 Å². The Balaban J connectivity index is 2.82. The summed E-state index contributed by atoms with van der Waals surface area (Å²) in [5.74, 6) is 0. The van der Waals surface area contributed by atoms with E-state index in [0.717, 1.165) is 12.8 Å². The fraction of sp³-hybridized carbons (Fsp3) is 0.800. The van der Waals surface area contributed by atoms with Gasteiger partial charge in [-0.25, -0.2) is 0 Å². The second-order valence-electron chi connectivity index (χ2n) is 1.48. The second kappa shape index (κ2) is 4.36. The molecule has 7 heavy (non-hydrogen) atoms. The van der Waals surface area contributed by atoms with Gasteiger partial charge in [-0.3, -0.25) is 0 Å². The van der Waals surface area contributed by atoms with E-state index in [9.17, 15) is 4.79 Å². The standard InChI is InChI=1S/C5H9O.Cr/c1-2-3-4-5-6;/h2-4H2,1H3;. The van der Waals surface area contributed by atoms with Crippen molar-refractivity contribution in [3.8, 4) is 0 Å². The van der Waals surface area contributed by atoms with Crippen molar-refractivity contribution in [2.24, 2.45) is 0 Å². The van der Waals surface area contributed by atoms with Crippen molar-refractivity contribution in [1.82, 2.24) is 0 Å². The maximum absolute atomic E-state index is 10.1. The van der Waals surface area contributed by atoms with Crippen LogP contribution in [0.3, 0.4) is 0 Å². The molecule has 0 aromatic heterocycles. The first-order chi connectivity index (χ1) is 3.27. The van der Waals surface area contributed by atoms with Gasteiger partial charge < -0.3 is 0 Å². The Bertz CT molecular complexity index is 61.1. The summed E-state index contributed by atoms with van der Waals surface area (Å²) in [7, 11) is 0. The van der Waals surface area contributed by atoms with Gasteiger partial charge in [0.1, 0.15) is 0 Å². The third kappa shape index (κ3) is 6.20. The summed E-state index contributed by atoms with van der Waals surface area (Å²) < 4.78 is 0.182. The topological polar surface area (TPSA) is 17.1 Å². The van der Waals surface area contributed by atoms with Crippen LogP contribution in [0.15, 0.2) is 0 Å². The van der Waals surface area contributed by atoms with Crippen molar-refractivity contribution in [2.75, 3.05) is 0 Å². The Hall–Kier alpha value is 0.202. The van der Waals surface area contributed by atoms with E-state index in [1.807, 2.05) is 0 Å². The zero-order valence-electron chi connectivity index (χ0n) is 4.44. The second-order valence-corrected chi connectivity index (χ2v) is 2.19. The summed E-state index contributed by atoms with van der Waals surface area (Å²) in [6.45, 7) is 2.07. The molecule has 0 saturated heterocycles.